The van der Waals surface area contributed by atoms with Crippen LogP contribution in [0.4, 0.5) is 0 Å². The number of hydrogen-bond acceptors (Lipinski definition) is 5. The summed E-state index contributed by atoms with van der Waals surface area (Å²) in [5.74, 6) is -2.07. The van der Waals surface area contributed by atoms with E-state index >= 15 is 0 Å². The van der Waals surface area contributed by atoms with E-state index in [1.807, 2.05) is 0 Å². The molecule has 1 unspecified atom stereocenters. The SMILES string of the molecule is CC(=O)C(=O)OCC1COC(C)(C)O1. The Morgan fingerprint density at radius 1 is 1.50 bits per heavy atom. The largest absolute Gasteiger partial charge is 0.457 e. The molecule has 80 valence electrons. The van der Waals surface area contributed by atoms with E-state index in [0.29, 0.717) is 6.61 Å². The van der Waals surface area contributed by atoms with Crippen molar-refractivity contribution in [1.29, 1.82) is 0 Å². The highest BCUT2D eigenvalue weighted by atomic mass is 16.7. The van der Waals surface area contributed by atoms with Gasteiger partial charge in [0, 0.05) is 6.92 Å². The Kier molecular flexibility index (Phi) is 3.23. The maximum Gasteiger partial charge on any atom is 0.374 e. The molecule has 1 atom stereocenters. The van der Waals surface area contributed by atoms with Gasteiger partial charge in [0.2, 0.25) is 5.78 Å². The predicted molar refractivity (Wildman–Crippen MR) is 46.5 cm³/mol. The molecular weight excluding hydrogens is 188 g/mol. The van der Waals surface area contributed by atoms with Crippen molar-refractivity contribution in [3.05, 3.63) is 0 Å². The van der Waals surface area contributed by atoms with Crippen molar-refractivity contribution in [3.8, 4) is 0 Å². The van der Waals surface area contributed by atoms with Crippen LogP contribution >= 0.6 is 0 Å². The van der Waals surface area contributed by atoms with Gasteiger partial charge in [-0.05, 0) is 13.8 Å². The van der Waals surface area contributed by atoms with Crippen molar-refractivity contribution in [2.75, 3.05) is 13.2 Å². The standard InChI is InChI=1S/C9H14O5/c1-6(10)8(11)12-4-7-5-13-9(2,3)14-7/h7H,4-5H2,1-3H3. The molecule has 5 heteroatoms. The average Bonchev–Trinajstić information content (AvgIpc) is 2.41. The second kappa shape index (κ2) is 4.06. The van der Waals surface area contributed by atoms with E-state index in [0.717, 1.165) is 6.92 Å². The van der Waals surface area contributed by atoms with Gasteiger partial charge >= 0.3 is 5.97 Å². The van der Waals surface area contributed by atoms with Crippen LogP contribution in [0.15, 0.2) is 0 Å². The van der Waals surface area contributed by atoms with E-state index < -0.39 is 17.5 Å². The van der Waals surface area contributed by atoms with Crippen molar-refractivity contribution in [2.24, 2.45) is 0 Å². The highest BCUT2D eigenvalue weighted by Crippen LogP contribution is 2.22. The van der Waals surface area contributed by atoms with Crippen molar-refractivity contribution < 1.29 is 23.8 Å². The van der Waals surface area contributed by atoms with Crippen LogP contribution in [0.2, 0.25) is 0 Å². The van der Waals surface area contributed by atoms with E-state index in [9.17, 15) is 9.59 Å². The van der Waals surface area contributed by atoms with Crippen LogP contribution < -0.4 is 0 Å². The van der Waals surface area contributed by atoms with Crippen molar-refractivity contribution in [3.63, 3.8) is 0 Å². The average molecular weight is 202 g/mol. The lowest BCUT2D eigenvalue weighted by Crippen LogP contribution is -2.26. The Morgan fingerprint density at radius 2 is 2.14 bits per heavy atom. The van der Waals surface area contributed by atoms with Gasteiger partial charge in [0.05, 0.1) is 6.61 Å². The maximum atomic E-state index is 10.8. The number of ketones is 1. The lowest BCUT2D eigenvalue weighted by Gasteiger charge is -2.16. The summed E-state index contributed by atoms with van der Waals surface area (Å²) in [6, 6.07) is 0. The summed E-state index contributed by atoms with van der Waals surface area (Å²) in [4.78, 5) is 21.3. The molecule has 0 aliphatic carbocycles. The number of rotatable bonds is 3. The third-order valence-corrected chi connectivity index (χ3v) is 1.76. The summed E-state index contributed by atoms with van der Waals surface area (Å²) >= 11 is 0. The minimum absolute atomic E-state index is 0.0574. The van der Waals surface area contributed by atoms with Gasteiger partial charge in [-0.15, -0.1) is 0 Å². The molecule has 0 N–H and O–H groups in total. The second-order valence-corrected chi connectivity index (χ2v) is 3.61. The normalized spacial score (nSPS) is 24.6. The van der Waals surface area contributed by atoms with Crippen molar-refractivity contribution >= 4 is 11.8 Å². The Hall–Kier alpha value is -0.940. The molecule has 0 saturated carbocycles. The van der Waals surface area contributed by atoms with Crippen LogP contribution in [-0.4, -0.2) is 36.9 Å². The van der Waals surface area contributed by atoms with Crippen LogP contribution in [0.1, 0.15) is 20.8 Å². The summed E-state index contributed by atoms with van der Waals surface area (Å²) in [7, 11) is 0. The lowest BCUT2D eigenvalue weighted by atomic mass is 10.4. The molecule has 1 heterocycles. The van der Waals surface area contributed by atoms with Gasteiger partial charge in [-0.1, -0.05) is 0 Å². The number of ether oxygens (including phenoxy) is 3. The molecular formula is C9H14O5. The van der Waals surface area contributed by atoms with Crippen LogP contribution in [0.3, 0.4) is 0 Å². The summed E-state index contributed by atoms with van der Waals surface area (Å²) in [5, 5.41) is 0. The molecule has 14 heavy (non-hydrogen) atoms. The molecule has 1 fully saturated rings. The molecule has 0 aromatic rings. The van der Waals surface area contributed by atoms with Crippen LogP contribution in [0.25, 0.3) is 0 Å². The van der Waals surface area contributed by atoms with Gasteiger partial charge in [0.1, 0.15) is 12.7 Å². The van der Waals surface area contributed by atoms with E-state index in [-0.39, 0.29) is 12.7 Å². The second-order valence-electron chi connectivity index (χ2n) is 3.61. The fourth-order valence-electron chi connectivity index (χ4n) is 1.12. The minimum atomic E-state index is -0.835. The summed E-state index contributed by atoms with van der Waals surface area (Å²) in [5.41, 5.74) is 0. The van der Waals surface area contributed by atoms with Crippen LogP contribution in [0.5, 0.6) is 0 Å². The molecule has 0 spiro atoms. The molecule has 5 nitrogen and oxygen atoms in total. The maximum absolute atomic E-state index is 10.8. The molecule has 0 radical (unpaired) electrons. The minimum Gasteiger partial charge on any atom is -0.457 e. The molecule has 0 amide bonds. The Labute approximate surface area is 82.3 Å². The molecule has 0 bridgehead atoms. The molecule has 1 aliphatic rings. The summed E-state index contributed by atoms with van der Waals surface area (Å²) < 4.78 is 15.3. The zero-order valence-electron chi connectivity index (χ0n) is 8.53. The molecule has 1 aliphatic heterocycles. The monoisotopic (exact) mass is 202 g/mol. The zero-order valence-corrected chi connectivity index (χ0v) is 8.53. The number of carbonyl (C=O) groups excluding carboxylic acids is 2. The smallest absolute Gasteiger partial charge is 0.374 e. The van der Waals surface area contributed by atoms with E-state index in [4.69, 9.17) is 9.47 Å². The molecule has 0 aromatic heterocycles. The van der Waals surface area contributed by atoms with Crippen LogP contribution in [0, 0.1) is 0 Å². The van der Waals surface area contributed by atoms with Gasteiger partial charge in [-0.25, -0.2) is 4.79 Å². The van der Waals surface area contributed by atoms with Gasteiger partial charge in [0.15, 0.2) is 5.79 Å². The quantitative estimate of drug-likeness (QED) is 0.485. The van der Waals surface area contributed by atoms with Crippen molar-refractivity contribution in [1.82, 2.24) is 0 Å². The van der Waals surface area contributed by atoms with E-state index in [2.05, 4.69) is 4.74 Å². The first kappa shape index (κ1) is 11.1. The number of carbonyl (C=O) groups is 2. The molecule has 1 rings (SSSR count). The lowest BCUT2D eigenvalue weighted by molar-refractivity contribution is -0.162. The summed E-state index contributed by atoms with van der Waals surface area (Å²) in [6.45, 7) is 5.15. The third-order valence-electron chi connectivity index (χ3n) is 1.76. The van der Waals surface area contributed by atoms with Gasteiger partial charge in [-0.3, -0.25) is 4.79 Å². The fraction of sp³-hybridized carbons (Fsp3) is 0.778. The Morgan fingerprint density at radius 3 is 2.57 bits per heavy atom. The van der Waals surface area contributed by atoms with Gasteiger partial charge < -0.3 is 14.2 Å². The topological polar surface area (TPSA) is 61.8 Å². The van der Waals surface area contributed by atoms with Crippen molar-refractivity contribution in [2.45, 2.75) is 32.7 Å². The Balaban J connectivity index is 2.27. The predicted octanol–water partition coefficient (Wildman–Crippen LogP) is 0.270. The molecule has 1 saturated heterocycles. The first-order chi connectivity index (χ1) is 6.41. The van der Waals surface area contributed by atoms with Gasteiger partial charge in [0.25, 0.3) is 0 Å². The zero-order chi connectivity index (χ0) is 10.8. The number of hydrogen-bond donors (Lipinski definition) is 0. The highest BCUT2D eigenvalue weighted by molar-refractivity contribution is 6.32. The van der Waals surface area contributed by atoms with E-state index in [1.54, 1.807) is 13.8 Å². The first-order valence-electron chi connectivity index (χ1n) is 4.40. The number of esters is 1. The summed E-state index contributed by atoms with van der Waals surface area (Å²) in [6.07, 6.45) is -0.284. The first-order valence-corrected chi connectivity index (χ1v) is 4.40. The van der Waals surface area contributed by atoms with E-state index in [1.165, 1.54) is 0 Å². The highest BCUT2D eigenvalue weighted by Gasteiger charge is 2.33. The number of Topliss-reactive ketones (excluding diaryl/α,β-unsaturated/α-hetero) is 1. The Bertz CT molecular complexity index is 246. The molecule has 0 aromatic carbocycles. The van der Waals surface area contributed by atoms with Crippen LogP contribution in [-0.2, 0) is 23.8 Å². The third kappa shape index (κ3) is 3.08. The van der Waals surface area contributed by atoms with Gasteiger partial charge in [-0.2, -0.15) is 0 Å². The fourth-order valence-corrected chi connectivity index (χ4v) is 1.12.